The number of carbonyl (C=O) groups excluding carboxylic acids is 1. The van der Waals surface area contributed by atoms with Crippen LogP contribution in [0.3, 0.4) is 0 Å². The van der Waals surface area contributed by atoms with Crippen molar-refractivity contribution in [3.8, 4) is 5.75 Å². The Balaban J connectivity index is 1.55. The van der Waals surface area contributed by atoms with E-state index in [1.165, 1.54) is 55.5 Å². The van der Waals surface area contributed by atoms with Crippen molar-refractivity contribution >= 4 is 35.5 Å². The second-order valence-corrected chi connectivity index (χ2v) is 11.2. The van der Waals surface area contributed by atoms with Crippen LogP contribution in [0.1, 0.15) is 18.1 Å². The fourth-order valence-electron chi connectivity index (χ4n) is 3.91. The number of para-hydroxylation sites is 1. The number of benzene rings is 3. The Kier molecular flexibility index (Phi) is 7.47. The molecule has 0 unspecified atom stereocenters. The van der Waals surface area contributed by atoms with Crippen LogP contribution in [0.5, 0.6) is 5.75 Å². The molecule has 0 spiro atoms. The van der Waals surface area contributed by atoms with Gasteiger partial charge in [-0.2, -0.15) is 0 Å². The lowest BCUT2D eigenvalue weighted by Crippen LogP contribution is -2.35. The molecular formula is C25H23N4O7P. The van der Waals surface area contributed by atoms with Crippen molar-refractivity contribution in [2.24, 2.45) is 0 Å². The third kappa shape index (κ3) is 6.27. The lowest BCUT2D eigenvalue weighted by Gasteiger charge is -2.23. The van der Waals surface area contributed by atoms with Gasteiger partial charge in [-0.25, -0.2) is 4.79 Å². The molecule has 0 aliphatic carbocycles. The highest BCUT2D eigenvalue weighted by atomic mass is 31.2. The van der Waals surface area contributed by atoms with Crippen molar-refractivity contribution in [1.29, 1.82) is 0 Å². The van der Waals surface area contributed by atoms with E-state index in [1.54, 1.807) is 12.3 Å². The quantitative estimate of drug-likeness (QED) is 0.119. The maximum atomic E-state index is 14.1. The van der Waals surface area contributed by atoms with Gasteiger partial charge in [0, 0.05) is 53.7 Å². The third-order valence-corrected chi connectivity index (χ3v) is 8.32. The molecule has 0 saturated heterocycles. The van der Waals surface area contributed by atoms with Crippen molar-refractivity contribution in [2.75, 3.05) is 0 Å². The highest BCUT2D eigenvalue weighted by molar-refractivity contribution is 7.60. The molecule has 37 heavy (non-hydrogen) atoms. The molecule has 0 amide bonds. The molecule has 0 radical (unpaired) electrons. The molecule has 1 heterocycles. The van der Waals surface area contributed by atoms with Crippen LogP contribution in [0.4, 0.5) is 11.4 Å². The Morgan fingerprint density at radius 2 is 1.43 bits per heavy atom. The normalized spacial score (nSPS) is 12.2. The van der Waals surface area contributed by atoms with E-state index in [4.69, 9.17) is 4.74 Å². The minimum Gasteiger partial charge on any atom is -0.423 e. The molecule has 0 saturated carbocycles. The topological polar surface area (TPSA) is 157 Å². The number of aromatic amines is 1. The van der Waals surface area contributed by atoms with Crippen molar-refractivity contribution in [2.45, 2.75) is 25.3 Å². The van der Waals surface area contributed by atoms with E-state index in [9.17, 15) is 29.6 Å². The molecule has 4 aromatic rings. The van der Waals surface area contributed by atoms with E-state index in [1.807, 2.05) is 18.2 Å². The largest absolute Gasteiger partial charge is 0.423 e. The average molecular weight is 522 g/mol. The third-order valence-electron chi connectivity index (χ3n) is 5.71. The lowest BCUT2D eigenvalue weighted by atomic mass is 10.2. The van der Waals surface area contributed by atoms with Gasteiger partial charge in [-0.1, -0.05) is 36.4 Å². The van der Waals surface area contributed by atoms with Crippen LogP contribution < -0.4 is 9.82 Å². The van der Waals surface area contributed by atoms with E-state index in [0.717, 1.165) is 10.9 Å². The summed E-state index contributed by atoms with van der Waals surface area (Å²) in [6.07, 6.45) is 1.56. The Bertz CT molecular complexity index is 1440. The predicted molar refractivity (Wildman–Crippen MR) is 138 cm³/mol. The highest BCUT2D eigenvalue weighted by Gasteiger charge is 2.30. The first-order valence-corrected chi connectivity index (χ1v) is 13.3. The maximum absolute atomic E-state index is 14.1. The molecule has 1 atom stereocenters. The highest BCUT2D eigenvalue weighted by Crippen LogP contribution is 2.49. The van der Waals surface area contributed by atoms with E-state index in [0.29, 0.717) is 16.9 Å². The van der Waals surface area contributed by atoms with E-state index < -0.39 is 29.2 Å². The smallest absolute Gasteiger partial charge is 0.328 e. The standard InChI is InChI=1S/C25H23N4O7P/c1-17(25(30)36-24-14-26-23-5-3-2-4-22(23)24)27-37(35,15-18-6-10-20(11-7-18)28(31)32)16-19-8-12-21(13-9-19)29(33)34/h2-14,17,26H,15-16H2,1H3,(H,27,35)/t17-/m0/s1. The van der Waals surface area contributed by atoms with Crippen molar-refractivity contribution in [3.63, 3.8) is 0 Å². The summed E-state index contributed by atoms with van der Waals surface area (Å²) >= 11 is 0. The van der Waals surface area contributed by atoms with Gasteiger partial charge >= 0.3 is 5.97 Å². The minimum atomic E-state index is -3.39. The van der Waals surface area contributed by atoms with E-state index in [2.05, 4.69) is 10.1 Å². The maximum Gasteiger partial charge on any atom is 0.328 e. The van der Waals surface area contributed by atoms with Gasteiger partial charge in [-0.3, -0.25) is 25.3 Å². The summed E-state index contributed by atoms with van der Waals surface area (Å²) in [5, 5.41) is 25.6. The minimum absolute atomic E-state index is 0.00725. The second kappa shape index (κ2) is 10.7. The number of carbonyl (C=O) groups is 1. The van der Waals surface area contributed by atoms with E-state index in [-0.39, 0.29) is 23.7 Å². The van der Waals surface area contributed by atoms with Crippen molar-refractivity contribution < 1.29 is 23.9 Å². The van der Waals surface area contributed by atoms with Gasteiger partial charge in [-0.05, 0) is 30.2 Å². The van der Waals surface area contributed by atoms with E-state index >= 15 is 0 Å². The monoisotopic (exact) mass is 522 g/mol. The van der Waals surface area contributed by atoms with Crippen LogP contribution in [0.15, 0.2) is 79.0 Å². The summed E-state index contributed by atoms with van der Waals surface area (Å²) in [4.78, 5) is 36.8. The Morgan fingerprint density at radius 1 is 0.919 bits per heavy atom. The number of aromatic nitrogens is 1. The molecule has 0 aliphatic heterocycles. The molecule has 190 valence electrons. The van der Waals surface area contributed by atoms with Gasteiger partial charge < -0.3 is 14.3 Å². The molecule has 12 heteroatoms. The first-order chi connectivity index (χ1) is 17.6. The van der Waals surface area contributed by atoms with Crippen LogP contribution >= 0.6 is 7.29 Å². The molecule has 2 N–H and O–H groups in total. The van der Waals surface area contributed by atoms with Crippen LogP contribution in [-0.4, -0.2) is 26.8 Å². The number of esters is 1. The number of non-ortho nitro benzene ring substituents is 2. The van der Waals surface area contributed by atoms with Crippen molar-refractivity contribution in [1.82, 2.24) is 10.1 Å². The number of H-pyrrole nitrogens is 1. The van der Waals surface area contributed by atoms with Crippen LogP contribution in [0.2, 0.25) is 0 Å². The number of hydrogen-bond donors (Lipinski definition) is 2. The SMILES string of the molecule is C[C@H](NP(=O)(Cc1ccc([N+](=O)[O-])cc1)Cc1ccc([N+](=O)[O-])cc1)C(=O)Oc1c[nH]c2ccccc12. The summed E-state index contributed by atoms with van der Waals surface area (Å²) < 4.78 is 19.7. The molecule has 11 nitrogen and oxygen atoms in total. The Hall–Kier alpha value is -4.34. The number of nitrogens with zero attached hydrogens (tertiary/aromatic N) is 2. The zero-order valence-corrected chi connectivity index (χ0v) is 20.6. The van der Waals surface area contributed by atoms with Gasteiger partial charge in [0.1, 0.15) is 6.04 Å². The number of nitrogens with one attached hydrogen (secondary N) is 2. The summed E-state index contributed by atoms with van der Waals surface area (Å²) in [6, 6.07) is 17.7. The summed E-state index contributed by atoms with van der Waals surface area (Å²) in [5.74, 6) is -0.299. The van der Waals surface area contributed by atoms with Crippen LogP contribution in [-0.2, 0) is 21.7 Å². The fourth-order valence-corrected chi connectivity index (χ4v) is 6.62. The molecule has 0 aliphatic rings. The number of nitro benzene ring substituents is 2. The number of ether oxygens (including phenoxy) is 1. The number of rotatable bonds is 10. The first kappa shape index (κ1) is 25.7. The first-order valence-electron chi connectivity index (χ1n) is 11.2. The number of hydrogen-bond acceptors (Lipinski definition) is 7. The predicted octanol–water partition coefficient (Wildman–Crippen LogP) is 5.55. The number of nitro groups is 2. The zero-order valence-electron chi connectivity index (χ0n) is 19.7. The van der Waals surface area contributed by atoms with Gasteiger partial charge in [0.15, 0.2) is 13.0 Å². The van der Waals surface area contributed by atoms with Crippen LogP contribution in [0, 0.1) is 20.2 Å². The zero-order chi connectivity index (χ0) is 26.6. The summed E-state index contributed by atoms with van der Waals surface area (Å²) in [7, 11) is -3.39. The number of fused-ring (bicyclic) bond motifs is 1. The molecular weight excluding hydrogens is 499 g/mol. The van der Waals surface area contributed by atoms with Gasteiger partial charge in [0.05, 0.1) is 9.85 Å². The van der Waals surface area contributed by atoms with Gasteiger partial charge in [0.2, 0.25) is 0 Å². The fraction of sp³-hybridized carbons (Fsp3) is 0.160. The molecule has 4 rings (SSSR count). The molecule has 0 bridgehead atoms. The van der Waals surface area contributed by atoms with Gasteiger partial charge in [-0.15, -0.1) is 0 Å². The Morgan fingerprint density at radius 3 is 1.95 bits per heavy atom. The van der Waals surface area contributed by atoms with Crippen LogP contribution in [0.25, 0.3) is 10.9 Å². The molecule has 1 aromatic heterocycles. The lowest BCUT2D eigenvalue weighted by molar-refractivity contribution is -0.385. The average Bonchev–Trinajstić information content (AvgIpc) is 3.27. The van der Waals surface area contributed by atoms with Gasteiger partial charge in [0.25, 0.3) is 11.4 Å². The van der Waals surface area contributed by atoms with Crippen molar-refractivity contribution in [3.05, 3.63) is 110 Å². The second-order valence-electron chi connectivity index (χ2n) is 8.52. The Labute approximate surface area is 211 Å². The summed E-state index contributed by atoms with van der Waals surface area (Å²) in [5.41, 5.74) is 1.74. The molecule has 3 aromatic carbocycles. The molecule has 0 fully saturated rings. The summed E-state index contributed by atoms with van der Waals surface area (Å²) in [6.45, 7) is 1.54.